The largest absolute Gasteiger partial charge is 0.480 e. The van der Waals surface area contributed by atoms with E-state index in [4.69, 9.17) is 11.5 Å². The molecule has 9 N–H and O–H groups in total. The standard InChI is InChI=1S/C31H62N6O5/c1-4-6-7-8-9-10-11-12-13-14-15-18-23-34-31(42)36-25(19-16-17-21-32)28(38)37-27(24(3)5-2)29(39)35-26(20-22-33)30(40)41/h24-27H,4-23,32-33H2,1-3H3,(H,35,39)(H,37,38)(H,40,41)(H2,34,36,42)/t24-,25-,26-,27-/m0/s1. The first-order valence-electron chi connectivity index (χ1n) is 16.5. The number of amides is 4. The van der Waals surface area contributed by atoms with Crippen LogP contribution in [0.1, 0.15) is 130 Å². The van der Waals surface area contributed by atoms with Crippen molar-refractivity contribution in [3.63, 3.8) is 0 Å². The van der Waals surface area contributed by atoms with Crippen molar-refractivity contribution >= 4 is 23.8 Å². The Morgan fingerprint density at radius 2 is 1.21 bits per heavy atom. The lowest BCUT2D eigenvalue weighted by molar-refractivity contribution is -0.142. The lowest BCUT2D eigenvalue weighted by Gasteiger charge is -2.27. The van der Waals surface area contributed by atoms with Crippen LogP contribution in [-0.2, 0) is 14.4 Å². The summed E-state index contributed by atoms with van der Waals surface area (Å²) in [4.78, 5) is 50.3. The average Bonchev–Trinajstić information content (AvgIpc) is 2.96. The van der Waals surface area contributed by atoms with Gasteiger partial charge in [0, 0.05) is 6.54 Å². The Morgan fingerprint density at radius 3 is 1.71 bits per heavy atom. The monoisotopic (exact) mass is 598 g/mol. The number of carbonyl (C=O) groups is 4. The predicted molar refractivity (Wildman–Crippen MR) is 169 cm³/mol. The lowest BCUT2D eigenvalue weighted by atomic mass is 9.97. The minimum Gasteiger partial charge on any atom is -0.480 e. The number of urea groups is 1. The first-order chi connectivity index (χ1) is 20.2. The highest BCUT2D eigenvalue weighted by molar-refractivity contribution is 5.93. The maximum atomic E-state index is 13.2. The summed E-state index contributed by atoms with van der Waals surface area (Å²) in [6.07, 6.45) is 17.2. The second-order valence-corrected chi connectivity index (χ2v) is 11.5. The van der Waals surface area contributed by atoms with E-state index in [2.05, 4.69) is 28.2 Å². The van der Waals surface area contributed by atoms with Gasteiger partial charge in [-0.3, -0.25) is 9.59 Å². The molecule has 4 atom stereocenters. The molecule has 0 aromatic rings. The second-order valence-electron chi connectivity index (χ2n) is 11.5. The van der Waals surface area contributed by atoms with Crippen LogP contribution in [0, 0.1) is 5.92 Å². The number of unbranched alkanes of at least 4 members (excludes halogenated alkanes) is 12. The molecule has 0 spiro atoms. The Labute approximate surface area is 254 Å². The average molecular weight is 599 g/mol. The van der Waals surface area contributed by atoms with E-state index >= 15 is 0 Å². The third kappa shape index (κ3) is 19.7. The van der Waals surface area contributed by atoms with Gasteiger partial charge in [-0.1, -0.05) is 97.8 Å². The summed E-state index contributed by atoms with van der Waals surface area (Å²) in [5.41, 5.74) is 11.1. The number of carbonyl (C=O) groups excluding carboxylic acids is 3. The maximum absolute atomic E-state index is 13.2. The molecule has 11 heteroatoms. The number of aliphatic carboxylic acids is 1. The molecule has 0 heterocycles. The zero-order chi connectivity index (χ0) is 31.6. The molecule has 246 valence electrons. The maximum Gasteiger partial charge on any atom is 0.326 e. The Kier molecular flexibility index (Phi) is 24.7. The summed E-state index contributed by atoms with van der Waals surface area (Å²) in [5, 5.41) is 20.2. The van der Waals surface area contributed by atoms with Gasteiger partial charge >= 0.3 is 12.0 Å². The van der Waals surface area contributed by atoms with Gasteiger partial charge in [0.05, 0.1) is 0 Å². The van der Waals surface area contributed by atoms with Crippen LogP contribution in [-0.4, -0.2) is 66.7 Å². The van der Waals surface area contributed by atoms with Crippen LogP contribution < -0.4 is 32.7 Å². The SMILES string of the molecule is CCCCCCCCCCCCCCNC(=O)N[C@@H](CCCCN)C(=O)N[C@H](C(=O)N[C@@H](CCN)C(=O)O)[C@@H](C)CC. The molecule has 0 bridgehead atoms. The predicted octanol–water partition coefficient (Wildman–Crippen LogP) is 3.93. The van der Waals surface area contributed by atoms with Crippen LogP contribution in [0.15, 0.2) is 0 Å². The van der Waals surface area contributed by atoms with E-state index in [9.17, 15) is 24.3 Å². The molecular formula is C31H62N6O5. The number of hydrogen-bond acceptors (Lipinski definition) is 6. The van der Waals surface area contributed by atoms with E-state index in [0.717, 1.165) is 19.3 Å². The molecule has 0 saturated carbocycles. The third-order valence-electron chi connectivity index (χ3n) is 7.75. The van der Waals surface area contributed by atoms with Gasteiger partial charge in [-0.25, -0.2) is 9.59 Å². The molecule has 0 aliphatic heterocycles. The molecular weight excluding hydrogens is 536 g/mol. The summed E-state index contributed by atoms with van der Waals surface area (Å²) in [6.45, 7) is 7.01. The van der Waals surface area contributed by atoms with Gasteiger partial charge in [0.1, 0.15) is 18.1 Å². The van der Waals surface area contributed by atoms with Gasteiger partial charge in [0.2, 0.25) is 11.8 Å². The number of nitrogens with one attached hydrogen (secondary N) is 4. The zero-order valence-electron chi connectivity index (χ0n) is 26.7. The van der Waals surface area contributed by atoms with Crippen molar-refractivity contribution in [3.05, 3.63) is 0 Å². The van der Waals surface area contributed by atoms with Gasteiger partial charge in [-0.05, 0) is 51.1 Å². The molecule has 0 aromatic heterocycles. The molecule has 4 amide bonds. The second kappa shape index (κ2) is 26.2. The minimum absolute atomic E-state index is 0.0743. The van der Waals surface area contributed by atoms with Gasteiger partial charge in [0.25, 0.3) is 0 Å². The van der Waals surface area contributed by atoms with Crippen LogP contribution in [0.5, 0.6) is 0 Å². The summed E-state index contributed by atoms with van der Waals surface area (Å²) in [6, 6.07) is -3.37. The van der Waals surface area contributed by atoms with Crippen LogP contribution in [0.4, 0.5) is 4.79 Å². The van der Waals surface area contributed by atoms with Crippen molar-refractivity contribution in [2.45, 2.75) is 148 Å². The van der Waals surface area contributed by atoms with E-state index in [1.807, 2.05) is 6.92 Å². The van der Waals surface area contributed by atoms with Gasteiger partial charge in [-0.2, -0.15) is 0 Å². The number of carboxylic acid groups (broad SMARTS) is 1. The van der Waals surface area contributed by atoms with E-state index in [1.165, 1.54) is 57.8 Å². The van der Waals surface area contributed by atoms with Crippen LogP contribution in [0.25, 0.3) is 0 Å². The summed E-state index contributed by atoms with van der Waals surface area (Å²) in [5.74, 6) is -2.52. The zero-order valence-corrected chi connectivity index (χ0v) is 26.7. The topological polar surface area (TPSA) is 189 Å². The van der Waals surface area contributed by atoms with Crippen molar-refractivity contribution in [3.8, 4) is 0 Å². The number of rotatable bonds is 27. The smallest absolute Gasteiger partial charge is 0.326 e. The third-order valence-corrected chi connectivity index (χ3v) is 7.75. The Morgan fingerprint density at radius 1 is 0.643 bits per heavy atom. The number of nitrogens with two attached hydrogens (primary N) is 2. The molecule has 0 radical (unpaired) electrons. The molecule has 0 aliphatic rings. The summed E-state index contributed by atoms with van der Waals surface area (Å²) in [7, 11) is 0. The van der Waals surface area contributed by atoms with Crippen molar-refractivity contribution < 1.29 is 24.3 Å². The normalized spacial score (nSPS) is 13.9. The number of carboxylic acids is 1. The molecule has 42 heavy (non-hydrogen) atoms. The summed E-state index contributed by atoms with van der Waals surface area (Å²) < 4.78 is 0. The fraction of sp³-hybridized carbons (Fsp3) is 0.871. The molecule has 0 saturated heterocycles. The van der Waals surface area contributed by atoms with E-state index < -0.39 is 41.9 Å². The lowest BCUT2D eigenvalue weighted by Crippen LogP contribution is -2.58. The Hall–Kier alpha value is -2.40. The van der Waals surface area contributed by atoms with Crippen molar-refractivity contribution in [2.75, 3.05) is 19.6 Å². The van der Waals surface area contributed by atoms with Crippen molar-refractivity contribution in [1.82, 2.24) is 21.3 Å². The van der Waals surface area contributed by atoms with Crippen LogP contribution in [0.2, 0.25) is 0 Å². The highest BCUT2D eigenvalue weighted by Gasteiger charge is 2.32. The quantitative estimate of drug-likeness (QED) is 0.0697. The highest BCUT2D eigenvalue weighted by Crippen LogP contribution is 2.12. The molecule has 0 rings (SSSR count). The molecule has 0 unspecified atom stereocenters. The van der Waals surface area contributed by atoms with E-state index in [0.29, 0.717) is 38.8 Å². The van der Waals surface area contributed by atoms with E-state index in [1.54, 1.807) is 6.92 Å². The summed E-state index contributed by atoms with van der Waals surface area (Å²) >= 11 is 0. The van der Waals surface area contributed by atoms with Gasteiger partial charge < -0.3 is 37.8 Å². The van der Waals surface area contributed by atoms with E-state index in [-0.39, 0.29) is 18.9 Å². The first kappa shape index (κ1) is 39.6. The Bertz CT molecular complexity index is 739. The van der Waals surface area contributed by atoms with Crippen molar-refractivity contribution in [1.29, 1.82) is 0 Å². The minimum atomic E-state index is -1.19. The molecule has 0 aromatic carbocycles. The Balaban J connectivity index is 4.72. The fourth-order valence-electron chi connectivity index (χ4n) is 4.78. The fourth-order valence-corrected chi connectivity index (χ4v) is 4.78. The number of hydrogen-bond donors (Lipinski definition) is 7. The molecule has 0 fully saturated rings. The highest BCUT2D eigenvalue weighted by atomic mass is 16.4. The molecule has 0 aliphatic carbocycles. The molecule has 11 nitrogen and oxygen atoms in total. The van der Waals surface area contributed by atoms with Crippen LogP contribution >= 0.6 is 0 Å². The first-order valence-corrected chi connectivity index (χ1v) is 16.5. The van der Waals surface area contributed by atoms with Gasteiger partial charge in [-0.15, -0.1) is 0 Å². The van der Waals surface area contributed by atoms with Crippen molar-refractivity contribution in [2.24, 2.45) is 17.4 Å². The van der Waals surface area contributed by atoms with Crippen LogP contribution in [0.3, 0.4) is 0 Å². The van der Waals surface area contributed by atoms with Gasteiger partial charge in [0.15, 0.2) is 0 Å².